The summed E-state index contributed by atoms with van der Waals surface area (Å²) in [6.45, 7) is 1.39. The molecule has 0 atom stereocenters. The van der Waals surface area contributed by atoms with Crippen molar-refractivity contribution in [3.05, 3.63) is 35.4 Å². The first-order chi connectivity index (χ1) is 25.6. The Morgan fingerprint density at radius 1 is 0.429 bits per heavy atom. The molecule has 0 radical (unpaired) electrons. The fourth-order valence-corrected chi connectivity index (χ4v) is 31.5. The van der Waals surface area contributed by atoms with Crippen LogP contribution < -0.4 is 0 Å². The number of hydrogen-bond donors (Lipinski definition) is 1. The van der Waals surface area contributed by atoms with Crippen molar-refractivity contribution in [1.29, 1.82) is 0 Å². The summed E-state index contributed by atoms with van der Waals surface area (Å²) in [6, 6.07) is 8.49. The maximum absolute atomic E-state index is 9.19. The van der Waals surface area contributed by atoms with E-state index in [1.54, 1.807) is 0 Å². The molecular formula is C33H82N16O2P5+. The molecule has 0 aliphatic heterocycles. The Kier molecular flexibility index (Phi) is 21.4. The van der Waals surface area contributed by atoms with Crippen molar-refractivity contribution in [3.63, 3.8) is 0 Å². The van der Waals surface area contributed by atoms with E-state index in [9.17, 15) is 5.11 Å². The molecule has 1 aromatic carbocycles. The second kappa shape index (κ2) is 22.2. The zero-order valence-corrected chi connectivity index (χ0v) is 43.9. The minimum atomic E-state index is -3.60. The fourth-order valence-electron chi connectivity index (χ4n) is 7.24. The molecule has 0 unspecified atom stereocenters. The molecule has 330 valence electrons. The van der Waals surface area contributed by atoms with Crippen LogP contribution in [-0.4, -0.2) is 236 Å². The third-order valence-corrected chi connectivity index (χ3v) is 29.8. The molecule has 0 saturated heterocycles. The molecular weight excluding hydrogens is 807 g/mol. The van der Waals surface area contributed by atoms with Crippen molar-refractivity contribution < 1.29 is 9.84 Å². The average molecular weight is 890 g/mol. The maximum atomic E-state index is 9.19. The first-order valence-corrected chi connectivity index (χ1v) is 26.5. The largest absolute Gasteiger partial charge is 0.502 e. The van der Waals surface area contributed by atoms with Crippen LogP contribution >= 0.6 is 37.9 Å². The van der Waals surface area contributed by atoms with Crippen LogP contribution in [0, 0.1) is 0 Å². The molecule has 1 N–H and O–H groups in total. The highest BCUT2D eigenvalue weighted by molar-refractivity contribution is 7.88. The van der Waals surface area contributed by atoms with Crippen molar-refractivity contribution in [1.82, 2.24) is 56.0 Å². The summed E-state index contributed by atoms with van der Waals surface area (Å²) in [7, 11) is 34.0. The Hall–Kier alpha value is 0.01000. The van der Waals surface area contributed by atoms with Crippen LogP contribution in [0.3, 0.4) is 0 Å². The van der Waals surface area contributed by atoms with Crippen molar-refractivity contribution in [2.75, 3.05) is 175 Å². The van der Waals surface area contributed by atoms with Gasteiger partial charge in [-0.15, -0.1) is 0 Å². The Bertz CT molecular complexity index is 1390. The van der Waals surface area contributed by atoms with Crippen LogP contribution in [0.4, 0.5) is 0 Å². The van der Waals surface area contributed by atoms with Crippen molar-refractivity contribution in [3.8, 4) is 0 Å². The highest BCUT2D eigenvalue weighted by Crippen LogP contribution is 2.86. The number of rotatable bonds is 22. The predicted octanol–water partition coefficient (Wildman–Crippen LogP) is 6.27. The van der Waals surface area contributed by atoms with E-state index in [0.29, 0.717) is 19.8 Å². The van der Waals surface area contributed by atoms with Crippen LogP contribution in [0.25, 0.3) is 0 Å². The SMILES string of the molecule is CN(C)P(=N[P+](N=P(N(C)C)(N(C)C)N(C)C)(N=P(N(C)C)(N(C)C)N(C)C)N=P(N(C)C)(N(C)C)N(C)Cc1ccc(COCCO)cc1)(N(C)C)N(C)C. The van der Waals surface area contributed by atoms with E-state index in [4.69, 9.17) is 22.8 Å². The smallest absolute Gasteiger partial charge is 0.394 e. The lowest BCUT2D eigenvalue weighted by Gasteiger charge is -2.45. The van der Waals surface area contributed by atoms with E-state index < -0.39 is 37.9 Å². The Morgan fingerprint density at radius 3 is 0.929 bits per heavy atom. The van der Waals surface area contributed by atoms with E-state index in [1.807, 2.05) is 0 Å². The summed E-state index contributed by atoms with van der Waals surface area (Å²) in [4.78, 5) is 0. The summed E-state index contributed by atoms with van der Waals surface area (Å²) in [5, 5.41) is 9.19. The minimum Gasteiger partial charge on any atom is -0.394 e. The van der Waals surface area contributed by atoms with Gasteiger partial charge in [-0.25, -0.2) is 56.0 Å². The summed E-state index contributed by atoms with van der Waals surface area (Å²) < 4.78 is 57.6. The zero-order chi connectivity index (χ0) is 43.8. The number of benzene rings is 1. The summed E-state index contributed by atoms with van der Waals surface area (Å²) >= 11 is 0. The molecule has 0 spiro atoms. The van der Waals surface area contributed by atoms with Crippen LogP contribution in [0.5, 0.6) is 0 Å². The quantitative estimate of drug-likeness (QED) is 0.104. The maximum Gasteiger partial charge on any atom is 0.502 e. The van der Waals surface area contributed by atoms with Crippen LogP contribution in [0.2, 0.25) is 0 Å². The minimum absolute atomic E-state index is 0.00442. The predicted molar refractivity (Wildman–Crippen MR) is 250 cm³/mol. The average Bonchev–Trinajstić information content (AvgIpc) is 3.06. The third-order valence-electron chi connectivity index (χ3n) is 9.26. The topological polar surface area (TPSA) is 118 Å². The molecule has 18 nitrogen and oxygen atoms in total. The molecule has 1 aromatic rings. The third kappa shape index (κ3) is 11.5. The fraction of sp³-hybridized carbons (Fsp3) is 0.818. The summed E-state index contributed by atoms with van der Waals surface area (Å²) in [6.07, 6.45) is 0. The lowest BCUT2D eigenvalue weighted by Crippen LogP contribution is -2.34. The number of ether oxygens (including phenoxy) is 1. The van der Waals surface area contributed by atoms with Gasteiger partial charge in [0.05, 0.1) is 19.8 Å². The zero-order valence-electron chi connectivity index (χ0n) is 39.4. The number of aliphatic hydroxyl groups excluding tert-OH is 1. The molecule has 56 heavy (non-hydrogen) atoms. The molecule has 0 aromatic heterocycles. The lowest BCUT2D eigenvalue weighted by atomic mass is 10.1. The molecule has 0 bridgehead atoms. The second-order valence-electron chi connectivity index (χ2n) is 15.8. The summed E-state index contributed by atoms with van der Waals surface area (Å²) in [5.41, 5.74) is 2.20. The van der Waals surface area contributed by atoms with E-state index in [1.165, 1.54) is 0 Å². The van der Waals surface area contributed by atoms with Crippen molar-refractivity contribution >= 4 is 37.9 Å². The van der Waals surface area contributed by atoms with Gasteiger partial charge in [0, 0.05) is 6.54 Å². The van der Waals surface area contributed by atoms with Gasteiger partial charge in [0.2, 0.25) is 30.0 Å². The van der Waals surface area contributed by atoms with Crippen LogP contribution in [0.15, 0.2) is 42.3 Å². The number of nitrogens with zero attached hydrogens (tertiary/aromatic N) is 16. The Morgan fingerprint density at radius 2 is 0.679 bits per heavy atom. The molecule has 0 saturated carbocycles. The van der Waals surface area contributed by atoms with E-state index in [2.05, 4.69) is 242 Å². The van der Waals surface area contributed by atoms with Crippen molar-refractivity contribution in [2.45, 2.75) is 13.2 Å². The molecule has 23 heteroatoms. The summed E-state index contributed by atoms with van der Waals surface area (Å²) in [5.74, 6) is 0. The second-order valence-corrected chi connectivity index (χ2v) is 33.5. The number of aliphatic hydroxyl groups is 1. The normalized spacial score (nSPS) is 14.2. The van der Waals surface area contributed by atoms with E-state index in [-0.39, 0.29) is 6.61 Å². The van der Waals surface area contributed by atoms with Gasteiger partial charge in [0.15, 0.2) is 0 Å². The van der Waals surface area contributed by atoms with Crippen molar-refractivity contribution in [2.24, 2.45) is 18.1 Å². The van der Waals surface area contributed by atoms with E-state index in [0.717, 1.165) is 11.1 Å². The molecule has 0 aliphatic rings. The van der Waals surface area contributed by atoms with Gasteiger partial charge in [-0.3, -0.25) is 0 Å². The van der Waals surface area contributed by atoms with Gasteiger partial charge in [-0.1, -0.05) is 24.3 Å². The van der Waals surface area contributed by atoms with Gasteiger partial charge < -0.3 is 9.84 Å². The van der Waals surface area contributed by atoms with Gasteiger partial charge in [-0.2, -0.15) is 0 Å². The van der Waals surface area contributed by atoms with Gasteiger partial charge in [-0.05, 0) is 191 Å². The highest BCUT2D eigenvalue weighted by Gasteiger charge is 2.57. The molecule has 0 fully saturated rings. The molecule has 0 heterocycles. The highest BCUT2D eigenvalue weighted by atomic mass is 31.3. The molecule has 1 rings (SSSR count). The van der Waals surface area contributed by atoms with Gasteiger partial charge >= 0.3 is 7.87 Å². The Balaban J connectivity index is 5.16. The first-order valence-electron chi connectivity index (χ1n) is 18.5. The molecule has 0 amide bonds. The van der Waals surface area contributed by atoms with Crippen LogP contribution in [0.1, 0.15) is 11.1 Å². The monoisotopic (exact) mass is 890 g/mol. The molecule has 0 aliphatic carbocycles. The first kappa shape index (κ1) is 54.0. The Labute approximate surface area is 344 Å². The standard InChI is InChI=1S/C33H82N16O2P5/c1-38(2)53(39(3)4,40(5)6)34-52(35-54(41(7)8,42(9)10)43(11)12,36-55(44(13)14,45(15)16)46(17)18)37-56(47(19)20,48(21)22)49(23)30-32-24-26-33(27-25-32)31-51-29-28-50/h24-27,50H,28-31H2,1-23H3/q+1. The number of hydrogen-bond acceptors (Lipinski definition) is 6. The van der Waals surface area contributed by atoms with Crippen LogP contribution in [-0.2, 0) is 17.9 Å². The van der Waals surface area contributed by atoms with E-state index >= 15 is 0 Å². The van der Waals surface area contributed by atoms with Gasteiger partial charge in [0.25, 0.3) is 0 Å². The van der Waals surface area contributed by atoms with Gasteiger partial charge in [0.1, 0.15) is 0 Å². The lowest BCUT2D eigenvalue weighted by molar-refractivity contribution is 0.0815.